The number of allylic oxidation sites excluding steroid dienone is 4. The van der Waals surface area contributed by atoms with Gasteiger partial charge in [0.15, 0.2) is 0 Å². The fraction of sp³-hybridized carbons (Fsp3) is 0.280. The number of nitrogens with zero attached hydrogens (tertiary/aromatic N) is 1. The third-order valence-corrected chi connectivity index (χ3v) is 10.6. The van der Waals surface area contributed by atoms with Crippen molar-refractivity contribution in [3.05, 3.63) is 103 Å². The largest absolute Gasteiger partial charge is 0.243 e. The van der Waals surface area contributed by atoms with E-state index in [0.717, 1.165) is 5.56 Å². The first-order valence-electron chi connectivity index (χ1n) is 11.6. The van der Waals surface area contributed by atoms with E-state index in [1.807, 2.05) is 6.92 Å². The number of sulfonamides is 3. The molecule has 12 heteroatoms. The first-order valence-corrected chi connectivity index (χ1v) is 16.1. The van der Waals surface area contributed by atoms with Crippen LogP contribution in [0.15, 0.2) is 102 Å². The Morgan fingerprint density at radius 2 is 1.08 bits per heavy atom. The van der Waals surface area contributed by atoms with E-state index in [2.05, 4.69) is 9.44 Å². The predicted octanol–water partition coefficient (Wildman–Crippen LogP) is 1.93. The van der Waals surface area contributed by atoms with Crippen LogP contribution in [0.4, 0.5) is 0 Å². The van der Waals surface area contributed by atoms with Gasteiger partial charge >= 0.3 is 0 Å². The molecule has 0 radical (unpaired) electrons. The quantitative estimate of drug-likeness (QED) is 0.332. The van der Waals surface area contributed by atoms with Crippen molar-refractivity contribution in [3.63, 3.8) is 0 Å². The normalized spacial score (nSPS) is 16.9. The number of rotatable bonds is 14. The summed E-state index contributed by atoms with van der Waals surface area (Å²) in [6, 6.07) is 6.47. The van der Waals surface area contributed by atoms with Gasteiger partial charge in [0, 0.05) is 26.2 Å². The Morgan fingerprint density at radius 3 is 1.49 bits per heavy atom. The number of aryl methyl sites for hydroxylation is 1. The van der Waals surface area contributed by atoms with Crippen molar-refractivity contribution >= 4 is 30.1 Å². The SMILES string of the molecule is Cc1ccc(S(=O)(=O)N(C/C=C/CNS(=O)(=O)C2C=CC=C2)C/C=C/CNS(=O)(=O)C2C=CC=C2)cc1. The zero-order valence-electron chi connectivity index (χ0n) is 20.3. The van der Waals surface area contributed by atoms with Gasteiger partial charge in [-0.1, -0.05) is 90.6 Å². The van der Waals surface area contributed by atoms with E-state index in [1.165, 1.54) is 16.4 Å². The summed E-state index contributed by atoms with van der Waals surface area (Å²) in [5.74, 6) is 0. The van der Waals surface area contributed by atoms with Crippen LogP contribution in [0.1, 0.15) is 5.56 Å². The maximum Gasteiger partial charge on any atom is 0.243 e. The van der Waals surface area contributed by atoms with Gasteiger partial charge in [-0.2, -0.15) is 4.31 Å². The molecule has 0 fully saturated rings. The maximum absolute atomic E-state index is 13.2. The number of hydrogen-bond donors (Lipinski definition) is 2. The third-order valence-electron chi connectivity index (χ3n) is 5.56. The van der Waals surface area contributed by atoms with Crippen LogP contribution in [0.25, 0.3) is 0 Å². The van der Waals surface area contributed by atoms with Crippen LogP contribution < -0.4 is 9.44 Å². The molecule has 0 spiro atoms. The summed E-state index contributed by atoms with van der Waals surface area (Å²) in [5, 5.41) is -1.44. The first kappa shape index (κ1) is 29.0. The van der Waals surface area contributed by atoms with Gasteiger partial charge in [0.25, 0.3) is 0 Å². The molecular formula is C25H31N3O6S3. The number of nitrogens with one attached hydrogen (secondary N) is 2. The molecule has 0 aromatic heterocycles. The van der Waals surface area contributed by atoms with E-state index in [0.29, 0.717) is 0 Å². The van der Waals surface area contributed by atoms with Crippen molar-refractivity contribution in [3.8, 4) is 0 Å². The summed E-state index contributed by atoms with van der Waals surface area (Å²) in [4.78, 5) is 0.126. The lowest BCUT2D eigenvalue weighted by atomic mass is 10.2. The highest BCUT2D eigenvalue weighted by atomic mass is 32.2. The topological polar surface area (TPSA) is 130 Å². The van der Waals surface area contributed by atoms with Crippen molar-refractivity contribution in [2.75, 3.05) is 26.2 Å². The zero-order valence-corrected chi connectivity index (χ0v) is 22.8. The van der Waals surface area contributed by atoms with Crippen molar-refractivity contribution < 1.29 is 25.3 Å². The molecule has 9 nitrogen and oxygen atoms in total. The predicted molar refractivity (Wildman–Crippen MR) is 146 cm³/mol. The van der Waals surface area contributed by atoms with Gasteiger partial charge in [-0.15, -0.1) is 0 Å². The highest BCUT2D eigenvalue weighted by Crippen LogP contribution is 2.17. The highest BCUT2D eigenvalue weighted by Gasteiger charge is 2.24. The van der Waals surface area contributed by atoms with E-state index in [9.17, 15) is 25.3 Å². The van der Waals surface area contributed by atoms with Crippen molar-refractivity contribution in [1.29, 1.82) is 0 Å². The molecule has 37 heavy (non-hydrogen) atoms. The van der Waals surface area contributed by atoms with E-state index in [1.54, 1.807) is 85.0 Å². The molecule has 0 aliphatic heterocycles. The lowest BCUT2D eigenvalue weighted by Crippen LogP contribution is -2.33. The molecule has 0 amide bonds. The highest BCUT2D eigenvalue weighted by molar-refractivity contribution is 7.90. The molecule has 0 bridgehead atoms. The van der Waals surface area contributed by atoms with Crippen molar-refractivity contribution in [2.24, 2.45) is 0 Å². The standard InChI is InChI=1S/C25H31N3O6S3/c1-22-14-16-25(17-15-22)37(33,34)28(20-8-6-18-26-35(29,30)23-10-2-3-11-23)21-9-7-19-27-36(31,32)24-12-4-5-13-24/h2-17,23-24,26-27H,18-21H2,1H3/b8-6+,9-7+. The fourth-order valence-corrected chi connectivity index (χ4v) is 7.01. The Morgan fingerprint density at radius 1 is 0.676 bits per heavy atom. The molecule has 1 aromatic rings. The van der Waals surface area contributed by atoms with Gasteiger partial charge in [-0.25, -0.2) is 34.7 Å². The minimum absolute atomic E-state index is 0.00506. The van der Waals surface area contributed by atoms with Crippen LogP contribution in [-0.4, -0.2) is 66.2 Å². The third kappa shape index (κ3) is 8.19. The van der Waals surface area contributed by atoms with Gasteiger partial charge in [-0.05, 0) is 19.1 Å². The Balaban J connectivity index is 1.62. The van der Waals surface area contributed by atoms with Crippen LogP contribution in [0.3, 0.4) is 0 Å². The Bertz CT molecular complexity index is 1340. The van der Waals surface area contributed by atoms with E-state index in [4.69, 9.17) is 0 Å². The van der Waals surface area contributed by atoms with Gasteiger partial charge in [0.1, 0.15) is 10.5 Å². The molecule has 0 unspecified atom stereocenters. The molecular weight excluding hydrogens is 534 g/mol. The van der Waals surface area contributed by atoms with E-state index < -0.39 is 40.6 Å². The summed E-state index contributed by atoms with van der Waals surface area (Å²) in [6.45, 7) is 1.88. The molecule has 2 N–H and O–H groups in total. The molecule has 0 saturated heterocycles. The fourth-order valence-electron chi connectivity index (χ4n) is 3.44. The maximum atomic E-state index is 13.2. The summed E-state index contributed by atoms with van der Waals surface area (Å²) < 4.78 is 81.6. The number of benzene rings is 1. The monoisotopic (exact) mass is 565 g/mol. The Labute approximate surface area is 219 Å². The lowest BCUT2D eigenvalue weighted by Gasteiger charge is -2.19. The summed E-state index contributed by atoms with van der Waals surface area (Å²) >= 11 is 0. The molecule has 200 valence electrons. The Hall–Kier alpha value is -2.61. The summed E-state index contributed by atoms with van der Waals surface area (Å²) in [7, 11) is -11.0. The molecule has 0 atom stereocenters. The average Bonchev–Trinajstić information content (AvgIpc) is 3.58. The van der Waals surface area contributed by atoms with Crippen molar-refractivity contribution in [2.45, 2.75) is 22.3 Å². The van der Waals surface area contributed by atoms with Crippen molar-refractivity contribution in [1.82, 2.24) is 13.7 Å². The summed E-state index contributed by atoms with van der Waals surface area (Å²) in [6.07, 6.45) is 19.2. The molecule has 2 aliphatic carbocycles. The second-order valence-electron chi connectivity index (χ2n) is 8.33. The number of hydrogen-bond acceptors (Lipinski definition) is 6. The van der Waals surface area contributed by atoms with E-state index in [-0.39, 0.29) is 31.1 Å². The summed E-state index contributed by atoms with van der Waals surface area (Å²) in [5.41, 5.74) is 0.920. The molecule has 2 aliphatic rings. The zero-order chi connectivity index (χ0) is 26.9. The van der Waals surface area contributed by atoms with Gasteiger partial charge < -0.3 is 0 Å². The van der Waals surface area contributed by atoms with Crippen LogP contribution in [0.5, 0.6) is 0 Å². The molecule has 1 aromatic carbocycles. The smallest absolute Gasteiger partial charge is 0.211 e. The average molecular weight is 566 g/mol. The first-order chi connectivity index (χ1) is 17.5. The minimum atomic E-state index is -3.86. The van der Waals surface area contributed by atoms with Gasteiger partial charge in [0.2, 0.25) is 30.1 Å². The molecule has 3 rings (SSSR count). The van der Waals surface area contributed by atoms with Crippen LogP contribution >= 0.6 is 0 Å². The molecule has 0 heterocycles. The van der Waals surface area contributed by atoms with Gasteiger partial charge in [-0.3, -0.25) is 0 Å². The Kier molecular flexibility index (Phi) is 9.99. The van der Waals surface area contributed by atoms with Crippen LogP contribution in [-0.2, 0) is 30.1 Å². The van der Waals surface area contributed by atoms with E-state index >= 15 is 0 Å². The van der Waals surface area contributed by atoms with Crippen LogP contribution in [0, 0.1) is 6.92 Å². The minimum Gasteiger partial charge on any atom is -0.211 e. The lowest BCUT2D eigenvalue weighted by molar-refractivity contribution is 0.473. The second kappa shape index (κ2) is 12.8. The van der Waals surface area contributed by atoms with Crippen LogP contribution in [0.2, 0.25) is 0 Å². The van der Waals surface area contributed by atoms with Gasteiger partial charge in [0.05, 0.1) is 4.90 Å². The second-order valence-corrected chi connectivity index (χ2v) is 14.1. The molecule has 0 saturated carbocycles.